The summed E-state index contributed by atoms with van der Waals surface area (Å²) >= 11 is 0. The SMILES string of the molecule is CC(=O)N[C@@H]1[C@H](Oc2ccc(C)cc2)O[C@@H](COC(C)=O)[C@@H](OC(C)=O)[C@H]1OC(C)=O. The molecule has 2 rings (SSSR count). The Labute approximate surface area is 180 Å². The summed E-state index contributed by atoms with van der Waals surface area (Å²) in [6, 6.07) is 6.06. The predicted octanol–water partition coefficient (Wildman–Crippen LogP) is 1.03. The summed E-state index contributed by atoms with van der Waals surface area (Å²) in [5.41, 5.74) is 1.01. The highest BCUT2D eigenvalue weighted by Crippen LogP contribution is 2.29. The maximum absolute atomic E-state index is 11.9. The van der Waals surface area contributed by atoms with E-state index in [1.54, 1.807) is 12.1 Å². The smallest absolute Gasteiger partial charge is 0.303 e. The fourth-order valence-electron chi connectivity index (χ4n) is 3.14. The lowest BCUT2D eigenvalue weighted by molar-refractivity contribution is -0.257. The second kappa shape index (κ2) is 10.8. The van der Waals surface area contributed by atoms with Gasteiger partial charge in [-0.15, -0.1) is 0 Å². The van der Waals surface area contributed by atoms with E-state index in [1.165, 1.54) is 27.7 Å². The average Bonchev–Trinajstić information content (AvgIpc) is 2.65. The molecule has 1 aliphatic rings. The van der Waals surface area contributed by atoms with Crippen molar-refractivity contribution >= 4 is 23.8 Å². The van der Waals surface area contributed by atoms with Gasteiger partial charge in [0, 0.05) is 27.7 Å². The van der Waals surface area contributed by atoms with Gasteiger partial charge in [-0.2, -0.15) is 0 Å². The molecular formula is C21H27NO9. The Balaban J connectivity index is 2.43. The maximum Gasteiger partial charge on any atom is 0.303 e. The Morgan fingerprint density at radius 3 is 2.00 bits per heavy atom. The number of hydrogen-bond donors (Lipinski definition) is 1. The molecule has 1 heterocycles. The number of benzene rings is 1. The molecule has 1 aliphatic heterocycles. The highest BCUT2D eigenvalue weighted by Gasteiger charge is 2.51. The van der Waals surface area contributed by atoms with Gasteiger partial charge in [0.2, 0.25) is 12.2 Å². The molecule has 0 unspecified atom stereocenters. The molecule has 10 heteroatoms. The van der Waals surface area contributed by atoms with Crippen molar-refractivity contribution in [1.29, 1.82) is 0 Å². The number of rotatable bonds is 7. The number of esters is 3. The van der Waals surface area contributed by atoms with Gasteiger partial charge in [0.15, 0.2) is 12.2 Å². The van der Waals surface area contributed by atoms with Crippen molar-refractivity contribution in [3.05, 3.63) is 29.8 Å². The summed E-state index contributed by atoms with van der Waals surface area (Å²) < 4.78 is 27.6. The molecule has 1 saturated heterocycles. The average molecular weight is 437 g/mol. The quantitative estimate of drug-likeness (QED) is 0.491. The second-order valence-corrected chi connectivity index (χ2v) is 7.15. The molecule has 1 fully saturated rings. The topological polar surface area (TPSA) is 126 Å². The molecule has 1 aromatic carbocycles. The molecule has 1 amide bonds. The van der Waals surface area contributed by atoms with E-state index >= 15 is 0 Å². The zero-order valence-corrected chi connectivity index (χ0v) is 18.1. The molecule has 0 spiro atoms. The molecular weight excluding hydrogens is 410 g/mol. The van der Waals surface area contributed by atoms with Crippen LogP contribution in [0, 0.1) is 6.92 Å². The lowest BCUT2D eigenvalue weighted by Crippen LogP contribution is -2.67. The summed E-state index contributed by atoms with van der Waals surface area (Å²) in [6.07, 6.45) is -4.47. The molecule has 0 aliphatic carbocycles. The van der Waals surface area contributed by atoms with Gasteiger partial charge in [0.05, 0.1) is 0 Å². The molecule has 0 aromatic heterocycles. The minimum absolute atomic E-state index is 0.286. The summed E-state index contributed by atoms with van der Waals surface area (Å²) in [4.78, 5) is 46.7. The van der Waals surface area contributed by atoms with E-state index in [0.717, 1.165) is 5.56 Å². The molecule has 31 heavy (non-hydrogen) atoms. The van der Waals surface area contributed by atoms with Crippen LogP contribution in [0.1, 0.15) is 33.3 Å². The van der Waals surface area contributed by atoms with E-state index in [2.05, 4.69) is 5.32 Å². The van der Waals surface area contributed by atoms with Crippen LogP contribution in [0.5, 0.6) is 5.75 Å². The summed E-state index contributed by atoms with van der Waals surface area (Å²) in [5.74, 6) is -1.92. The van der Waals surface area contributed by atoms with Gasteiger partial charge in [-0.25, -0.2) is 0 Å². The van der Waals surface area contributed by atoms with Gasteiger partial charge in [-0.05, 0) is 19.1 Å². The molecule has 1 N–H and O–H groups in total. The first kappa shape index (κ1) is 24.1. The van der Waals surface area contributed by atoms with Crippen LogP contribution in [0.25, 0.3) is 0 Å². The monoisotopic (exact) mass is 437 g/mol. The highest BCUT2D eigenvalue weighted by atomic mass is 16.7. The van der Waals surface area contributed by atoms with E-state index in [9.17, 15) is 19.2 Å². The fraction of sp³-hybridized carbons (Fsp3) is 0.524. The second-order valence-electron chi connectivity index (χ2n) is 7.15. The van der Waals surface area contributed by atoms with E-state index in [-0.39, 0.29) is 6.61 Å². The largest absolute Gasteiger partial charge is 0.463 e. The van der Waals surface area contributed by atoms with Crippen molar-refractivity contribution in [2.24, 2.45) is 0 Å². The third-order valence-electron chi connectivity index (χ3n) is 4.34. The third kappa shape index (κ3) is 7.25. The summed E-state index contributed by atoms with van der Waals surface area (Å²) in [5, 5.41) is 2.64. The van der Waals surface area contributed by atoms with Gasteiger partial charge >= 0.3 is 17.9 Å². The zero-order valence-electron chi connectivity index (χ0n) is 18.1. The number of ether oxygens (including phenoxy) is 5. The minimum Gasteiger partial charge on any atom is -0.463 e. The summed E-state index contributed by atoms with van der Waals surface area (Å²) in [7, 11) is 0. The van der Waals surface area contributed by atoms with E-state index < -0.39 is 54.5 Å². The van der Waals surface area contributed by atoms with Crippen molar-refractivity contribution in [2.45, 2.75) is 65.3 Å². The number of carbonyl (C=O) groups is 4. The molecule has 10 nitrogen and oxygen atoms in total. The lowest BCUT2D eigenvalue weighted by Gasteiger charge is -2.44. The van der Waals surface area contributed by atoms with Gasteiger partial charge < -0.3 is 29.0 Å². The van der Waals surface area contributed by atoms with Crippen LogP contribution in [0.15, 0.2) is 24.3 Å². The first-order chi connectivity index (χ1) is 14.6. The number of carbonyl (C=O) groups excluding carboxylic acids is 4. The molecule has 0 bridgehead atoms. The van der Waals surface area contributed by atoms with Crippen LogP contribution >= 0.6 is 0 Å². The number of aryl methyl sites for hydroxylation is 1. The number of nitrogens with one attached hydrogen (secondary N) is 1. The molecule has 0 saturated carbocycles. The Morgan fingerprint density at radius 2 is 1.48 bits per heavy atom. The van der Waals surface area contributed by atoms with Gasteiger partial charge in [0.25, 0.3) is 0 Å². The number of hydrogen-bond acceptors (Lipinski definition) is 9. The van der Waals surface area contributed by atoms with Crippen molar-refractivity contribution in [2.75, 3.05) is 6.61 Å². The summed E-state index contributed by atoms with van der Waals surface area (Å²) in [6.45, 7) is 6.48. The molecule has 1 aromatic rings. The maximum atomic E-state index is 11.9. The zero-order chi connectivity index (χ0) is 23.1. The Hall–Kier alpha value is -3.14. The number of amides is 1. The van der Waals surface area contributed by atoms with Crippen molar-refractivity contribution < 1.29 is 42.9 Å². The first-order valence-electron chi connectivity index (χ1n) is 9.70. The van der Waals surface area contributed by atoms with E-state index in [4.69, 9.17) is 23.7 Å². The van der Waals surface area contributed by atoms with Crippen LogP contribution < -0.4 is 10.1 Å². The standard InChI is InChI=1S/C21H27NO9/c1-11-6-8-16(9-7-11)30-21-18(22-12(2)23)20(29-15(5)26)19(28-14(4)25)17(31-21)10-27-13(3)24/h6-9,17-21H,10H2,1-5H3,(H,22,23)/t17-,18-,19+,20-,21+/m0/s1. The van der Waals surface area contributed by atoms with Gasteiger partial charge in [0.1, 0.15) is 24.5 Å². The lowest BCUT2D eigenvalue weighted by atomic mass is 9.96. The van der Waals surface area contributed by atoms with E-state index in [0.29, 0.717) is 5.75 Å². The van der Waals surface area contributed by atoms with Gasteiger partial charge in [-0.1, -0.05) is 17.7 Å². The molecule has 0 radical (unpaired) electrons. The Morgan fingerprint density at radius 1 is 0.903 bits per heavy atom. The van der Waals surface area contributed by atoms with Crippen LogP contribution in [0.3, 0.4) is 0 Å². The van der Waals surface area contributed by atoms with Crippen LogP contribution in [-0.2, 0) is 38.1 Å². The third-order valence-corrected chi connectivity index (χ3v) is 4.34. The molecule has 170 valence electrons. The van der Waals surface area contributed by atoms with Gasteiger partial charge in [-0.3, -0.25) is 19.2 Å². The van der Waals surface area contributed by atoms with E-state index in [1.807, 2.05) is 19.1 Å². The minimum atomic E-state index is -1.16. The Kier molecular flexibility index (Phi) is 8.38. The highest BCUT2D eigenvalue weighted by molar-refractivity contribution is 5.73. The van der Waals surface area contributed by atoms with Crippen LogP contribution in [-0.4, -0.2) is 61.1 Å². The van der Waals surface area contributed by atoms with Crippen molar-refractivity contribution in [3.8, 4) is 5.75 Å². The van der Waals surface area contributed by atoms with Crippen LogP contribution in [0.4, 0.5) is 0 Å². The van der Waals surface area contributed by atoms with Crippen LogP contribution in [0.2, 0.25) is 0 Å². The normalized spacial score (nSPS) is 25.1. The fourth-order valence-corrected chi connectivity index (χ4v) is 3.14. The van der Waals surface area contributed by atoms with Crippen molar-refractivity contribution in [3.63, 3.8) is 0 Å². The Bertz CT molecular complexity index is 808. The predicted molar refractivity (Wildman–Crippen MR) is 106 cm³/mol. The first-order valence-corrected chi connectivity index (χ1v) is 9.70. The molecule has 5 atom stereocenters. The van der Waals surface area contributed by atoms with Crippen molar-refractivity contribution in [1.82, 2.24) is 5.32 Å².